The van der Waals surface area contributed by atoms with Crippen LogP contribution in [0.4, 0.5) is 0 Å². The smallest absolute Gasteiger partial charge is 0.122 e. The number of methoxy groups -OCH3 is 2. The summed E-state index contributed by atoms with van der Waals surface area (Å²) in [4.78, 5) is 9.48. The Morgan fingerprint density at radius 1 is 1.25 bits per heavy atom. The van der Waals surface area contributed by atoms with Crippen molar-refractivity contribution in [3.63, 3.8) is 0 Å². The molecule has 1 heterocycles. The third-order valence-corrected chi connectivity index (χ3v) is 1.96. The second-order valence-electron chi connectivity index (χ2n) is 3.30. The van der Waals surface area contributed by atoms with Gasteiger partial charge in [0.2, 0.25) is 0 Å². The molecule has 0 bridgehead atoms. The number of rotatable bonds is 7. The maximum Gasteiger partial charge on any atom is 0.122 e. The predicted octanol–water partition coefficient (Wildman–Crippen LogP) is 1.07. The molecule has 0 atom stereocenters. The minimum Gasteiger partial charge on any atom is -0.497 e. The number of hydrogen-bond donors (Lipinski definition) is 1. The predicted molar refractivity (Wildman–Crippen MR) is 60.2 cm³/mol. The summed E-state index contributed by atoms with van der Waals surface area (Å²) in [6, 6.07) is 3.76. The van der Waals surface area contributed by atoms with E-state index in [2.05, 4.69) is 10.5 Å². The van der Waals surface area contributed by atoms with Gasteiger partial charge in [0.15, 0.2) is 0 Å². The van der Waals surface area contributed by atoms with Gasteiger partial charge in [-0.05, 0) is 6.92 Å². The van der Waals surface area contributed by atoms with Crippen molar-refractivity contribution in [3.05, 3.63) is 23.5 Å². The van der Waals surface area contributed by atoms with Crippen LogP contribution in [-0.2, 0) is 16.1 Å². The average molecular weight is 226 g/mol. The van der Waals surface area contributed by atoms with E-state index in [0.717, 1.165) is 17.1 Å². The molecule has 0 saturated carbocycles. The van der Waals surface area contributed by atoms with Crippen LogP contribution in [0.5, 0.6) is 5.75 Å². The molecule has 1 aromatic heterocycles. The highest BCUT2D eigenvalue weighted by atomic mass is 16.7. The highest BCUT2D eigenvalue weighted by Gasteiger charge is 2.00. The monoisotopic (exact) mass is 226 g/mol. The Morgan fingerprint density at radius 2 is 2.06 bits per heavy atom. The third kappa shape index (κ3) is 4.57. The van der Waals surface area contributed by atoms with Crippen molar-refractivity contribution in [2.24, 2.45) is 0 Å². The highest BCUT2D eigenvalue weighted by Crippen LogP contribution is 2.12. The van der Waals surface area contributed by atoms with Gasteiger partial charge in [-0.25, -0.2) is 0 Å². The maximum atomic E-state index is 5.15. The van der Waals surface area contributed by atoms with Gasteiger partial charge in [0, 0.05) is 24.9 Å². The molecule has 0 saturated heterocycles. The van der Waals surface area contributed by atoms with Crippen LogP contribution in [0.1, 0.15) is 11.4 Å². The minimum atomic E-state index is 0.513. The molecule has 16 heavy (non-hydrogen) atoms. The molecular weight excluding hydrogens is 208 g/mol. The van der Waals surface area contributed by atoms with Crippen molar-refractivity contribution in [2.75, 3.05) is 27.4 Å². The Balaban J connectivity index is 2.38. The number of pyridine rings is 1. The molecule has 0 amide bonds. The summed E-state index contributed by atoms with van der Waals surface area (Å²) in [6.07, 6.45) is 0. The summed E-state index contributed by atoms with van der Waals surface area (Å²) in [5.41, 5.74) is 4.62. The number of hydrogen-bond acceptors (Lipinski definition) is 5. The van der Waals surface area contributed by atoms with E-state index >= 15 is 0 Å². The van der Waals surface area contributed by atoms with Gasteiger partial charge in [-0.15, -0.1) is 0 Å². The van der Waals surface area contributed by atoms with Crippen LogP contribution < -0.4 is 10.2 Å². The van der Waals surface area contributed by atoms with Crippen LogP contribution in [0.25, 0.3) is 0 Å². The number of nitrogens with one attached hydrogen (secondary N) is 1. The lowest BCUT2D eigenvalue weighted by Crippen LogP contribution is -2.18. The highest BCUT2D eigenvalue weighted by molar-refractivity contribution is 5.26. The fourth-order valence-corrected chi connectivity index (χ4v) is 1.23. The van der Waals surface area contributed by atoms with Crippen molar-refractivity contribution in [1.82, 2.24) is 10.5 Å². The van der Waals surface area contributed by atoms with E-state index in [-0.39, 0.29) is 0 Å². The van der Waals surface area contributed by atoms with Gasteiger partial charge in [-0.1, -0.05) is 0 Å². The lowest BCUT2D eigenvalue weighted by Gasteiger charge is -2.07. The van der Waals surface area contributed by atoms with Crippen molar-refractivity contribution in [2.45, 2.75) is 13.5 Å². The van der Waals surface area contributed by atoms with E-state index in [4.69, 9.17) is 14.3 Å². The zero-order valence-corrected chi connectivity index (χ0v) is 9.95. The van der Waals surface area contributed by atoms with Gasteiger partial charge < -0.3 is 9.47 Å². The molecule has 0 aliphatic carbocycles. The number of ether oxygens (including phenoxy) is 2. The summed E-state index contributed by atoms with van der Waals surface area (Å²) in [6.45, 7) is 3.55. The number of hydroxylamine groups is 1. The van der Waals surface area contributed by atoms with Crippen LogP contribution >= 0.6 is 0 Å². The quantitative estimate of drug-likeness (QED) is 0.556. The molecule has 0 aliphatic heterocycles. The molecular formula is C11H18N2O3. The van der Waals surface area contributed by atoms with E-state index < -0.39 is 0 Å². The van der Waals surface area contributed by atoms with Crippen LogP contribution in [0.3, 0.4) is 0 Å². The van der Waals surface area contributed by atoms with Crippen molar-refractivity contribution in [1.29, 1.82) is 0 Å². The first kappa shape index (κ1) is 12.9. The molecule has 0 fully saturated rings. The van der Waals surface area contributed by atoms with Crippen molar-refractivity contribution < 1.29 is 14.3 Å². The molecule has 1 aromatic rings. The molecule has 1 N–H and O–H groups in total. The molecule has 0 radical (unpaired) electrons. The molecule has 1 rings (SSSR count). The summed E-state index contributed by atoms with van der Waals surface area (Å²) < 4.78 is 10.0. The van der Waals surface area contributed by atoms with E-state index in [1.54, 1.807) is 14.2 Å². The van der Waals surface area contributed by atoms with Crippen LogP contribution in [0, 0.1) is 6.92 Å². The van der Waals surface area contributed by atoms with Gasteiger partial charge in [-0.2, -0.15) is 5.48 Å². The van der Waals surface area contributed by atoms with E-state index in [0.29, 0.717) is 19.8 Å². The van der Waals surface area contributed by atoms with Gasteiger partial charge in [0.05, 0.1) is 32.6 Å². The topological polar surface area (TPSA) is 52.6 Å². The number of aryl methyl sites for hydroxylation is 1. The molecule has 0 aromatic carbocycles. The molecule has 0 spiro atoms. The largest absolute Gasteiger partial charge is 0.497 e. The minimum absolute atomic E-state index is 0.513. The zero-order valence-electron chi connectivity index (χ0n) is 9.95. The second-order valence-corrected chi connectivity index (χ2v) is 3.30. The average Bonchev–Trinajstić information content (AvgIpc) is 2.28. The lowest BCUT2D eigenvalue weighted by molar-refractivity contribution is 0.00295. The molecule has 5 nitrogen and oxygen atoms in total. The van der Waals surface area contributed by atoms with Crippen LogP contribution in [0.15, 0.2) is 12.1 Å². The first-order valence-corrected chi connectivity index (χ1v) is 5.11. The molecule has 0 aliphatic rings. The van der Waals surface area contributed by atoms with Gasteiger partial charge in [0.1, 0.15) is 5.75 Å². The van der Waals surface area contributed by atoms with Gasteiger partial charge in [-0.3, -0.25) is 9.82 Å². The van der Waals surface area contributed by atoms with Crippen LogP contribution in [0.2, 0.25) is 0 Å². The molecule has 0 unspecified atom stereocenters. The Hall–Kier alpha value is -1.17. The number of aromatic nitrogens is 1. The van der Waals surface area contributed by atoms with Gasteiger partial charge >= 0.3 is 0 Å². The first-order chi connectivity index (χ1) is 7.76. The molecule has 90 valence electrons. The fraction of sp³-hybridized carbons (Fsp3) is 0.545. The Labute approximate surface area is 95.7 Å². The summed E-state index contributed by atoms with van der Waals surface area (Å²) in [5.74, 6) is 0.807. The van der Waals surface area contributed by atoms with E-state index in [1.807, 2.05) is 19.1 Å². The van der Waals surface area contributed by atoms with Gasteiger partial charge in [0.25, 0.3) is 0 Å². The maximum absolute atomic E-state index is 5.15. The Morgan fingerprint density at radius 3 is 2.75 bits per heavy atom. The standard InChI is InChI=1S/C11H18N2O3/c1-9-6-11(15-3)7-10(13-9)8-12-16-5-4-14-2/h6-7,12H,4-5,8H2,1-3H3. The lowest BCUT2D eigenvalue weighted by atomic mass is 10.3. The third-order valence-electron chi connectivity index (χ3n) is 1.96. The fourth-order valence-electron chi connectivity index (χ4n) is 1.23. The second kappa shape index (κ2) is 7.16. The van der Waals surface area contributed by atoms with Crippen molar-refractivity contribution >= 4 is 0 Å². The van der Waals surface area contributed by atoms with Crippen LogP contribution in [-0.4, -0.2) is 32.4 Å². The normalized spacial score (nSPS) is 10.4. The summed E-state index contributed by atoms with van der Waals surface area (Å²) in [5, 5.41) is 0. The zero-order chi connectivity index (χ0) is 11.8. The Kier molecular flexibility index (Phi) is 5.77. The first-order valence-electron chi connectivity index (χ1n) is 5.11. The summed E-state index contributed by atoms with van der Waals surface area (Å²) in [7, 11) is 3.28. The SMILES string of the molecule is COCCONCc1cc(OC)cc(C)n1. The Bertz CT molecular complexity index is 318. The number of nitrogens with zero attached hydrogens (tertiary/aromatic N) is 1. The van der Waals surface area contributed by atoms with Crippen molar-refractivity contribution in [3.8, 4) is 5.75 Å². The van der Waals surface area contributed by atoms with E-state index in [9.17, 15) is 0 Å². The summed E-state index contributed by atoms with van der Waals surface area (Å²) >= 11 is 0. The van der Waals surface area contributed by atoms with E-state index in [1.165, 1.54) is 0 Å². The molecule has 5 heteroatoms.